The number of hydrogen-bond donors (Lipinski definition) is 0. The molecule has 0 radical (unpaired) electrons. The first-order valence-electron chi connectivity index (χ1n) is 9.54. The number of benzene rings is 3. The molecule has 2 atom stereocenters. The van der Waals surface area contributed by atoms with Crippen molar-refractivity contribution in [1.82, 2.24) is 0 Å². The van der Waals surface area contributed by atoms with E-state index in [0.29, 0.717) is 5.69 Å². The molecule has 0 saturated carbocycles. The van der Waals surface area contributed by atoms with Crippen molar-refractivity contribution in [3.05, 3.63) is 101 Å². The molecule has 29 heavy (non-hydrogen) atoms. The Morgan fingerprint density at radius 2 is 1.34 bits per heavy atom. The van der Waals surface area contributed by atoms with Crippen molar-refractivity contribution in [2.45, 2.75) is 10.2 Å². The summed E-state index contributed by atoms with van der Waals surface area (Å²) in [5, 5.41) is 0. The number of hydrogen-bond acceptors (Lipinski definition) is 2. The summed E-state index contributed by atoms with van der Waals surface area (Å²) in [6.07, 6.45) is 0. The standard InChI is InChI=1S/C24H15BrFNO2/c25-24-17-7-3-1-5-15(17)19(16-6-2-4-8-18(16)24)20-21(24)23(29)27(22(20)28)14-11-9-13(26)10-12-14/h1-12,19-21H/t19?,20-,21+,24?/m1/s1. The SMILES string of the molecule is O=C1[C@@H]2C3c4ccccc4C(Br)(c4ccccc43)[C@@H]2C(=O)N1c1ccc(F)cc1. The summed E-state index contributed by atoms with van der Waals surface area (Å²) in [4.78, 5) is 28.5. The molecule has 142 valence electrons. The minimum absolute atomic E-state index is 0.172. The maximum atomic E-state index is 13.6. The monoisotopic (exact) mass is 447 g/mol. The van der Waals surface area contributed by atoms with Crippen molar-refractivity contribution in [2.75, 3.05) is 4.90 Å². The lowest BCUT2D eigenvalue weighted by atomic mass is 9.55. The zero-order chi connectivity index (χ0) is 19.9. The van der Waals surface area contributed by atoms with Crippen molar-refractivity contribution in [2.24, 2.45) is 11.8 Å². The zero-order valence-electron chi connectivity index (χ0n) is 15.2. The van der Waals surface area contributed by atoms with Gasteiger partial charge in [-0.1, -0.05) is 64.5 Å². The van der Waals surface area contributed by atoms with E-state index in [1.165, 1.54) is 29.2 Å². The highest BCUT2D eigenvalue weighted by atomic mass is 79.9. The summed E-state index contributed by atoms with van der Waals surface area (Å²) >= 11 is 3.96. The molecule has 1 fully saturated rings. The molecule has 4 aliphatic rings. The van der Waals surface area contributed by atoms with Crippen molar-refractivity contribution in [3.8, 4) is 0 Å². The Balaban J connectivity index is 1.61. The molecule has 3 aliphatic carbocycles. The number of carbonyl (C=O) groups excluding carboxylic acids is 2. The second-order valence-electron chi connectivity index (χ2n) is 7.86. The van der Waals surface area contributed by atoms with Gasteiger partial charge < -0.3 is 0 Å². The van der Waals surface area contributed by atoms with E-state index in [1.807, 2.05) is 36.4 Å². The van der Waals surface area contributed by atoms with Gasteiger partial charge in [-0.05, 0) is 46.5 Å². The van der Waals surface area contributed by atoms with Gasteiger partial charge in [0.05, 0.1) is 21.8 Å². The number of carbonyl (C=O) groups is 2. The van der Waals surface area contributed by atoms with E-state index >= 15 is 0 Å². The third kappa shape index (κ3) is 1.96. The molecule has 2 bridgehead atoms. The minimum Gasteiger partial charge on any atom is -0.274 e. The first kappa shape index (κ1) is 17.1. The third-order valence-electron chi connectivity index (χ3n) is 6.60. The molecule has 0 spiro atoms. The molecule has 3 aromatic rings. The summed E-state index contributed by atoms with van der Waals surface area (Å²) in [6, 6.07) is 21.6. The normalized spacial score (nSPS) is 28.9. The lowest BCUT2D eigenvalue weighted by molar-refractivity contribution is -0.122. The number of imide groups is 1. The summed E-state index contributed by atoms with van der Waals surface area (Å²) in [7, 11) is 0. The lowest BCUT2D eigenvalue weighted by Gasteiger charge is -2.51. The van der Waals surface area contributed by atoms with Gasteiger partial charge in [0.15, 0.2) is 0 Å². The maximum absolute atomic E-state index is 13.6. The largest absolute Gasteiger partial charge is 0.274 e. The van der Waals surface area contributed by atoms with Gasteiger partial charge >= 0.3 is 0 Å². The van der Waals surface area contributed by atoms with E-state index in [9.17, 15) is 14.0 Å². The van der Waals surface area contributed by atoms with Crippen LogP contribution in [0.1, 0.15) is 28.2 Å². The van der Waals surface area contributed by atoms with Gasteiger partial charge in [0.25, 0.3) is 0 Å². The first-order chi connectivity index (χ1) is 14.0. The first-order valence-corrected chi connectivity index (χ1v) is 10.3. The van der Waals surface area contributed by atoms with Gasteiger partial charge in [-0.25, -0.2) is 9.29 Å². The van der Waals surface area contributed by atoms with Crippen LogP contribution in [0.3, 0.4) is 0 Å². The van der Waals surface area contributed by atoms with Crippen LogP contribution < -0.4 is 4.90 Å². The highest BCUT2D eigenvalue weighted by Crippen LogP contribution is 2.66. The molecule has 0 unspecified atom stereocenters. The summed E-state index contributed by atoms with van der Waals surface area (Å²) < 4.78 is 12.7. The van der Waals surface area contributed by atoms with Gasteiger partial charge in [0.2, 0.25) is 11.8 Å². The molecule has 0 aromatic heterocycles. The molecular formula is C24H15BrFNO2. The van der Waals surface area contributed by atoms with Crippen LogP contribution in [0, 0.1) is 17.7 Å². The smallest absolute Gasteiger partial charge is 0.239 e. The highest BCUT2D eigenvalue weighted by molar-refractivity contribution is 9.09. The molecule has 1 saturated heterocycles. The average molecular weight is 448 g/mol. The Morgan fingerprint density at radius 3 is 1.93 bits per heavy atom. The van der Waals surface area contributed by atoms with Crippen LogP contribution in [0.4, 0.5) is 10.1 Å². The van der Waals surface area contributed by atoms with Crippen LogP contribution in [0.2, 0.25) is 0 Å². The molecule has 7 rings (SSSR count). The molecule has 2 amide bonds. The van der Waals surface area contributed by atoms with Crippen molar-refractivity contribution >= 4 is 33.4 Å². The number of anilines is 1. The predicted molar refractivity (Wildman–Crippen MR) is 110 cm³/mol. The Labute approximate surface area is 175 Å². The minimum atomic E-state index is -0.763. The summed E-state index contributed by atoms with van der Waals surface area (Å²) in [5.41, 5.74) is 4.69. The molecule has 1 heterocycles. The van der Waals surface area contributed by atoms with E-state index in [2.05, 4.69) is 28.1 Å². The van der Waals surface area contributed by atoms with Gasteiger partial charge in [-0.2, -0.15) is 0 Å². The average Bonchev–Trinajstić information content (AvgIpc) is 3.01. The second kappa shape index (κ2) is 5.63. The Hall–Kier alpha value is -2.79. The topological polar surface area (TPSA) is 37.4 Å². The fraction of sp³-hybridized carbons (Fsp3) is 0.167. The molecule has 3 aromatic carbocycles. The Bertz CT molecular complexity index is 1160. The number of halogens is 2. The molecule has 0 N–H and O–H groups in total. The quantitative estimate of drug-likeness (QED) is 0.399. The van der Waals surface area contributed by atoms with Crippen molar-refractivity contribution in [3.63, 3.8) is 0 Å². The number of nitrogens with zero attached hydrogens (tertiary/aromatic N) is 1. The number of alkyl halides is 1. The zero-order valence-corrected chi connectivity index (χ0v) is 16.8. The van der Waals surface area contributed by atoms with Crippen LogP contribution in [-0.2, 0) is 13.9 Å². The number of rotatable bonds is 1. The van der Waals surface area contributed by atoms with E-state index in [1.54, 1.807) is 0 Å². The van der Waals surface area contributed by atoms with E-state index in [4.69, 9.17) is 0 Å². The summed E-state index contributed by atoms with van der Waals surface area (Å²) in [5.74, 6) is -2.07. The van der Waals surface area contributed by atoms with Crippen LogP contribution >= 0.6 is 15.9 Å². The Morgan fingerprint density at radius 1 is 0.793 bits per heavy atom. The fourth-order valence-corrected chi connectivity index (χ4v) is 6.73. The fourth-order valence-electron chi connectivity index (χ4n) is 5.52. The van der Waals surface area contributed by atoms with E-state index < -0.39 is 22.0 Å². The molecular weight excluding hydrogens is 433 g/mol. The van der Waals surface area contributed by atoms with Gasteiger partial charge in [-0.15, -0.1) is 0 Å². The summed E-state index contributed by atoms with van der Waals surface area (Å²) in [6.45, 7) is 0. The van der Waals surface area contributed by atoms with Crippen molar-refractivity contribution < 1.29 is 14.0 Å². The second-order valence-corrected chi connectivity index (χ2v) is 9.11. The van der Waals surface area contributed by atoms with Gasteiger partial charge in [0.1, 0.15) is 5.82 Å². The van der Waals surface area contributed by atoms with Crippen molar-refractivity contribution in [1.29, 1.82) is 0 Å². The van der Waals surface area contributed by atoms with E-state index in [-0.39, 0.29) is 17.7 Å². The van der Waals surface area contributed by atoms with Crippen LogP contribution in [0.15, 0.2) is 72.8 Å². The third-order valence-corrected chi connectivity index (χ3v) is 7.95. The van der Waals surface area contributed by atoms with Gasteiger partial charge in [-0.3, -0.25) is 9.59 Å². The van der Waals surface area contributed by atoms with Gasteiger partial charge in [0, 0.05) is 5.92 Å². The maximum Gasteiger partial charge on any atom is 0.239 e. The van der Waals surface area contributed by atoms with Crippen LogP contribution in [0.5, 0.6) is 0 Å². The van der Waals surface area contributed by atoms with E-state index in [0.717, 1.165) is 22.3 Å². The predicted octanol–water partition coefficient (Wildman–Crippen LogP) is 4.73. The molecule has 1 aliphatic heterocycles. The Kier molecular flexibility index (Phi) is 3.32. The lowest BCUT2D eigenvalue weighted by Crippen LogP contribution is -2.50. The van der Waals surface area contributed by atoms with Crippen LogP contribution in [0.25, 0.3) is 0 Å². The molecule has 3 nitrogen and oxygen atoms in total. The number of amides is 2. The molecule has 5 heteroatoms. The van der Waals surface area contributed by atoms with Crippen LogP contribution in [-0.4, -0.2) is 11.8 Å². The highest BCUT2D eigenvalue weighted by Gasteiger charge is 2.67.